The zero-order valence-electron chi connectivity index (χ0n) is 16.2. The maximum absolute atomic E-state index is 11.5. The molecule has 3 aromatic rings. The first-order valence-corrected chi connectivity index (χ1v) is 9.65. The lowest BCUT2D eigenvalue weighted by molar-refractivity contribution is 0.0563. The van der Waals surface area contributed by atoms with E-state index in [4.69, 9.17) is 19.6 Å². The number of ether oxygens (including phenoxy) is 3. The van der Waals surface area contributed by atoms with Crippen molar-refractivity contribution in [2.45, 2.75) is 17.5 Å². The molecule has 9 nitrogen and oxygen atoms in total. The first-order valence-electron chi connectivity index (χ1n) is 8.67. The summed E-state index contributed by atoms with van der Waals surface area (Å²) >= 11 is 1.25. The lowest BCUT2D eigenvalue weighted by Gasteiger charge is -2.10. The number of hydrogen-bond donors (Lipinski definition) is 1. The van der Waals surface area contributed by atoms with Gasteiger partial charge in [0.1, 0.15) is 47.0 Å². The van der Waals surface area contributed by atoms with Gasteiger partial charge in [0.15, 0.2) is 5.16 Å². The van der Waals surface area contributed by atoms with E-state index in [1.54, 1.807) is 37.4 Å². The Bertz CT molecular complexity index is 1080. The van der Waals surface area contributed by atoms with Crippen molar-refractivity contribution in [1.82, 2.24) is 9.97 Å². The van der Waals surface area contributed by atoms with Crippen LogP contribution >= 0.6 is 11.8 Å². The Morgan fingerprint density at radius 2 is 1.90 bits per heavy atom. The molecule has 0 aliphatic heterocycles. The number of carbonyl (C=O) groups is 1. The fourth-order valence-electron chi connectivity index (χ4n) is 2.42. The molecule has 30 heavy (non-hydrogen) atoms. The van der Waals surface area contributed by atoms with E-state index in [-0.39, 0.29) is 23.7 Å². The summed E-state index contributed by atoms with van der Waals surface area (Å²) in [6, 6.07) is 12.2. The van der Waals surface area contributed by atoms with Crippen molar-refractivity contribution in [2.75, 3.05) is 20.0 Å². The molecule has 0 spiro atoms. The van der Waals surface area contributed by atoms with Gasteiger partial charge in [0.2, 0.25) is 5.76 Å². The minimum absolute atomic E-state index is 0.0444. The second-order valence-corrected chi connectivity index (χ2v) is 6.78. The van der Waals surface area contributed by atoms with Crippen LogP contribution in [0, 0.1) is 11.3 Å². The summed E-state index contributed by atoms with van der Waals surface area (Å²) in [6.07, 6.45) is 0. The molecule has 0 amide bonds. The van der Waals surface area contributed by atoms with Crippen LogP contribution in [0.1, 0.15) is 27.6 Å². The number of thioether (sulfide) groups is 1. The van der Waals surface area contributed by atoms with E-state index in [9.17, 15) is 10.1 Å². The highest BCUT2D eigenvalue weighted by atomic mass is 32.2. The van der Waals surface area contributed by atoms with Crippen molar-refractivity contribution in [3.05, 3.63) is 59.2 Å². The van der Waals surface area contributed by atoms with Crippen molar-refractivity contribution in [3.8, 4) is 17.6 Å². The van der Waals surface area contributed by atoms with E-state index in [0.717, 1.165) is 0 Å². The topological polar surface area (TPSA) is 133 Å². The molecule has 2 heterocycles. The Kier molecular flexibility index (Phi) is 6.77. The van der Waals surface area contributed by atoms with Gasteiger partial charge < -0.3 is 24.4 Å². The Morgan fingerprint density at radius 3 is 2.57 bits per heavy atom. The highest BCUT2D eigenvalue weighted by molar-refractivity contribution is 7.98. The van der Waals surface area contributed by atoms with Crippen molar-refractivity contribution in [3.63, 3.8) is 0 Å². The molecular formula is C20H18N4O5S. The highest BCUT2D eigenvalue weighted by Gasteiger charge is 2.15. The number of hydrogen-bond acceptors (Lipinski definition) is 10. The van der Waals surface area contributed by atoms with E-state index in [1.807, 2.05) is 6.07 Å². The van der Waals surface area contributed by atoms with Gasteiger partial charge >= 0.3 is 5.97 Å². The molecule has 10 heteroatoms. The van der Waals surface area contributed by atoms with Gasteiger partial charge in [-0.05, 0) is 36.4 Å². The van der Waals surface area contributed by atoms with Crippen LogP contribution in [0.5, 0.6) is 11.5 Å². The number of benzene rings is 1. The molecule has 0 unspecified atom stereocenters. The summed E-state index contributed by atoms with van der Waals surface area (Å²) in [5.41, 5.74) is 6.47. The van der Waals surface area contributed by atoms with Gasteiger partial charge in [0.05, 0.1) is 20.0 Å². The molecule has 0 saturated carbocycles. The number of nitrogens with two attached hydrogens (primary N) is 1. The zero-order chi connectivity index (χ0) is 21.5. The Labute approximate surface area is 176 Å². The smallest absolute Gasteiger partial charge is 0.373 e. The zero-order valence-corrected chi connectivity index (χ0v) is 17.1. The fraction of sp³-hybridized carbons (Fsp3) is 0.200. The number of carbonyl (C=O) groups excluding carboxylic acids is 1. The van der Waals surface area contributed by atoms with Crippen LogP contribution in [0.25, 0.3) is 0 Å². The van der Waals surface area contributed by atoms with Crippen LogP contribution in [-0.4, -0.2) is 30.2 Å². The van der Waals surface area contributed by atoms with Crippen molar-refractivity contribution >= 4 is 23.5 Å². The molecule has 0 aliphatic carbocycles. The number of nitriles is 1. The van der Waals surface area contributed by atoms with Crippen LogP contribution in [0.15, 0.2) is 46.0 Å². The SMILES string of the molecule is COC(=O)c1ccc(CSc2nc(N)c(C#N)c(COc3ccc(OC)cc3)n2)o1. The Balaban J connectivity index is 1.71. The second kappa shape index (κ2) is 9.67. The van der Waals surface area contributed by atoms with Gasteiger partial charge in [-0.15, -0.1) is 0 Å². The van der Waals surface area contributed by atoms with Crippen LogP contribution in [0.4, 0.5) is 5.82 Å². The van der Waals surface area contributed by atoms with Gasteiger partial charge in [-0.3, -0.25) is 0 Å². The molecule has 0 radical (unpaired) electrons. The molecule has 154 valence electrons. The van der Waals surface area contributed by atoms with Gasteiger partial charge in [-0.25, -0.2) is 14.8 Å². The lowest BCUT2D eigenvalue weighted by Crippen LogP contribution is -2.08. The highest BCUT2D eigenvalue weighted by Crippen LogP contribution is 2.25. The molecule has 3 rings (SSSR count). The molecule has 0 atom stereocenters. The maximum Gasteiger partial charge on any atom is 0.373 e. The average Bonchev–Trinajstić information content (AvgIpc) is 3.25. The summed E-state index contributed by atoms with van der Waals surface area (Å²) < 4.78 is 20.9. The van der Waals surface area contributed by atoms with Crippen LogP contribution < -0.4 is 15.2 Å². The number of nitrogen functional groups attached to an aromatic ring is 1. The van der Waals surface area contributed by atoms with E-state index in [2.05, 4.69) is 14.7 Å². The van der Waals surface area contributed by atoms with E-state index in [0.29, 0.717) is 33.9 Å². The van der Waals surface area contributed by atoms with Crippen LogP contribution in [0.2, 0.25) is 0 Å². The Morgan fingerprint density at radius 1 is 1.17 bits per heavy atom. The second-order valence-electron chi connectivity index (χ2n) is 5.84. The molecule has 2 N–H and O–H groups in total. The Hall–Kier alpha value is -3.71. The molecule has 1 aromatic carbocycles. The minimum atomic E-state index is -0.553. The quantitative estimate of drug-likeness (QED) is 0.325. The number of nitrogens with zero attached hydrogens (tertiary/aromatic N) is 3. The largest absolute Gasteiger partial charge is 0.497 e. The van der Waals surface area contributed by atoms with Crippen molar-refractivity contribution < 1.29 is 23.4 Å². The third-order valence-electron chi connectivity index (χ3n) is 3.93. The standard InChI is InChI=1S/C20H18N4O5S/c1-26-12-3-5-13(6-4-12)28-10-16-15(9-21)18(22)24-20(23-16)30-11-14-7-8-17(29-14)19(25)27-2/h3-8H,10-11H2,1-2H3,(H2,22,23,24). The van der Waals surface area contributed by atoms with E-state index in [1.165, 1.54) is 24.9 Å². The monoisotopic (exact) mass is 426 g/mol. The third kappa shape index (κ3) is 5.01. The lowest BCUT2D eigenvalue weighted by atomic mass is 10.2. The molecule has 0 aliphatic rings. The molecule has 0 bridgehead atoms. The summed E-state index contributed by atoms with van der Waals surface area (Å²) in [6.45, 7) is 0.0444. The number of aromatic nitrogens is 2. The summed E-state index contributed by atoms with van der Waals surface area (Å²) in [5, 5.41) is 9.75. The fourth-order valence-corrected chi connectivity index (χ4v) is 3.18. The minimum Gasteiger partial charge on any atom is -0.497 e. The summed E-state index contributed by atoms with van der Waals surface area (Å²) in [5.74, 6) is 1.84. The third-order valence-corrected chi connectivity index (χ3v) is 4.80. The molecule has 0 saturated heterocycles. The van der Waals surface area contributed by atoms with Crippen molar-refractivity contribution in [2.24, 2.45) is 0 Å². The predicted octanol–water partition coefficient (Wildman–Crippen LogP) is 3.19. The summed E-state index contributed by atoms with van der Waals surface area (Å²) in [7, 11) is 2.86. The summed E-state index contributed by atoms with van der Waals surface area (Å²) in [4.78, 5) is 20.0. The molecular weight excluding hydrogens is 408 g/mol. The van der Waals surface area contributed by atoms with Gasteiger partial charge in [0.25, 0.3) is 0 Å². The average molecular weight is 426 g/mol. The first kappa shape index (κ1) is 21.0. The number of furan rings is 1. The van der Waals surface area contributed by atoms with Gasteiger partial charge in [-0.2, -0.15) is 5.26 Å². The van der Waals surface area contributed by atoms with Gasteiger partial charge in [0, 0.05) is 0 Å². The maximum atomic E-state index is 11.5. The molecule has 0 fully saturated rings. The van der Waals surface area contributed by atoms with E-state index >= 15 is 0 Å². The predicted molar refractivity (Wildman–Crippen MR) is 108 cm³/mol. The van der Waals surface area contributed by atoms with E-state index < -0.39 is 5.97 Å². The first-order chi connectivity index (χ1) is 14.5. The number of rotatable bonds is 8. The molecule has 2 aromatic heterocycles. The number of anilines is 1. The number of esters is 1. The number of methoxy groups -OCH3 is 2. The van der Waals surface area contributed by atoms with Gasteiger partial charge in [-0.1, -0.05) is 11.8 Å². The van der Waals surface area contributed by atoms with Crippen LogP contribution in [-0.2, 0) is 17.1 Å². The normalized spacial score (nSPS) is 10.3. The van der Waals surface area contributed by atoms with Crippen LogP contribution in [0.3, 0.4) is 0 Å². The van der Waals surface area contributed by atoms with Crippen molar-refractivity contribution in [1.29, 1.82) is 5.26 Å².